The zero-order valence-corrected chi connectivity index (χ0v) is 23.0. The molecule has 35 heavy (non-hydrogen) atoms. The second-order valence-electron chi connectivity index (χ2n) is 11.3. The lowest BCUT2D eigenvalue weighted by Crippen LogP contribution is -2.26. The van der Waals surface area contributed by atoms with Gasteiger partial charge in [-0.15, -0.1) is 0 Å². The first kappa shape index (κ1) is 28.1. The molecule has 0 spiro atoms. The molecule has 1 unspecified atom stereocenters. The van der Waals surface area contributed by atoms with E-state index in [0.29, 0.717) is 0 Å². The van der Waals surface area contributed by atoms with E-state index in [-0.39, 0.29) is 18.7 Å². The van der Waals surface area contributed by atoms with E-state index in [4.69, 9.17) is 9.47 Å². The minimum atomic E-state index is -0.214. The fourth-order valence-corrected chi connectivity index (χ4v) is 6.54. The second-order valence-corrected chi connectivity index (χ2v) is 11.3. The monoisotopic (exact) mass is 484 g/mol. The molecule has 0 saturated heterocycles. The highest BCUT2D eigenvalue weighted by atomic mass is 16.6. The van der Waals surface area contributed by atoms with Gasteiger partial charge in [-0.1, -0.05) is 104 Å². The molecular formula is C32H52O3. The Balaban J connectivity index is 1.50. The van der Waals surface area contributed by atoms with E-state index >= 15 is 0 Å². The number of carbonyl (C=O) groups excluding carboxylic acids is 1. The van der Waals surface area contributed by atoms with Crippen LogP contribution in [0.15, 0.2) is 18.2 Å². The Bertz CT molecular complexity index is 734. The Morgan fingerprint density at radius 2 is 1.60 bits per heavy atom. The summed E-state index contributed by atoms with van der Waals surface area (Å²) in [6.07, 6.45) is 21.3. The zero-order valence-electron chi connectivity index (χ0n) is 23.0. The molecule has 1 fully saturated rings. The minimum absolute atomic E-state index is 0.0277. The smallest absolute Gasteiger partial charge is 0.344 e. The predicted octanol–water partition coefficient (Wildman–Crippen LogP) is 8.85. The van der Waals surface area contributed by atoms with Gasteiger partial charge in [-0.2, -0.15) is 0 Å². The predicted molar refractivity (Wildman–Crippen MR) is 146 cm³/mol. The summed E-state index contributed by atoms with van der Waals surface area (Å²) < 4.78 is 11.9. The van der Waals surface area contributed by atoms with Crippen molar-refractivity contribution in [2.24, 2.45) is 17.8 Å². The van der Waals surface area contributed by atoms with Crippen molar-refractivity contribution in [1.29, 1.82) is 0 Å². The molecule has 0 aliphatic heterocycles. The zero-order chi connectivity index (χ0) is 24.9. The number of ether oxygens (including phenoxy) is 2. The minimum Gasteiger partial charge on any atom is -0.482 e. The maximum atomic E-state index is 12.6. The van der Waals surface area contributed by atoms with Crippen molar-refractivity contribution in [1.82, 2.24) is 0 Å². The molecule has 3 atom stereocenters. The third-order valence-corrected chi connectivity index (χ3v) is 8.60. The summed E-state index contributed by atoms with van der Waals surface area (Å²) in [5.41, 5.74) is 2.81. The Morgan fingerprint density at radius 3 is 2.34 bits per heavy atom. The van der Waals surface area contributed by atoms with Crippen molar-refractivity contribution < 1.29 is 14.3 Å². The maximum absolute atomic E-state index is 12.6. The first-order valence-electron chi connectivity index (χ1n) is 15.1. The van der Waals surface area contributed by atoms with Gasteiger partial charge >= 0.3 is 5.97 Å². The molecule has 1 saturated carbocycles. The van der Waals surface area contributed by atoms with Crippen LogP contribution in [0, 0.1) is 17.8 Å². The topological polar surface area (TPSA) is 35.5 Å². The molecule has 2 aliphatic rings. The third-order valence-electron chi connectivity index (χ3n) is 8.60. The summed E-state index contributed by atoms with van der Waals surface area (Å²) in [5, 5.41) is 0. The average Bonchev–Trinajstić information content (AvgIpc) is 3.26. The van der Waals surface area contributed by atoms with Crippen molar-refractivity contribution in [2.75, 3.05) is 6.61 Å². The Kier molecular flexibility index (Phi) is 12.5. The highest BCUT2D eigenvalue weighted by Gasteiger charge is 2.39. The molecule has 198 valence electrons. The van der Waals surface area contributed by atoms with Gasteiger partial charge in [0.05, 0.1) is 0 Å². The normalized spacial score (nSPS) is 21.1. The molecule has 1 aromatic carbocycles. The molecule has 0 amide bonds. The average molecular weight is 485 g/mol. The molecule has 0 heterocycles. The Morgan fingerprint density at radius 1 is 0.886 bits per heavy atom. The third kappa shape index (κ3) is 8.83. The van der Waals surface area contributed by atoms with E-state index in [9.17, 15) is 4.79 Å². The van der Waals surface area contributed by atoms with Gasteiger partial charge in [-0.25, -0.2) is 4.79 Å². The molecular weight excluding hydrogens is 432 g/mol. The molecule has 0 bridgehead atoms. The van der Waals surface area contributed by atoms with Gasteiger partial charge in [0, 0.05) is 0 Å². The molecule has 2 aliphatic carbocycles. The van der Waals surface area contributed by atoms with Gasteiger partial charge in [-0.3, -0.25) is 0 Å². The number of esters is 1. The summed E-state index contributed by atoms with van der Waals surface area (Å²) in [4.78, 5) is 12.6. The summed E-state index contributed by atoms with van der Waals surface area (Å²) in [6, 6.07) is 6.46. The highest BCUT2D eigenvalue weighted by molar-refractivity contribution is 5.71. The molecule has 1 aromatic rings. The number of rotatable bonds is 17. The fraction of sp³-hybridized carbons (Fsp3) is 0.781. The quantitative estimate of drug-likeness (QED) is 0.164. The first-order chi connectivity index (χ1) is 17.2. The SMILES string of the molecule is CCCCCCCCC1CC[C@@H]2Cc3c(cccc3OCC(=O)OC(CCCC)CCCC)C[C@H]12. The van der Waals surface area contributed by atoms with E-state index < -0.39 is 0 Å². The van der Waals surface area contributed by atoms with Crippen molar-refractivity contribution in [3.05, 3.63) is 29.3 Å². The van der Waals surface area contributed by atoms with Crippen molar-refractivity contribution in [3.63, 3.8) is 0 Å². The molecule has 0 N–H and O–H groups in total. The van der Waals surface area contributed by atoms with Crippen LogP contribution >= 0.6 is 0 Å². The second kappa shape index (κ2) is 15.6. The van der Waals surface area contributed by atoms with Crippen LogP contribution in [-0.4, -0.2) is 18.7 Å². The molecule has 3 heteroatoms. The lowest BCUT2D eigenvalue weighted by molar-refractivity contribution is -0.152. The standard InChI is InChI=1S/C32H52O3/c1-4-7-10-11-12-13-15-25-20-21-27-23-30-26(22-29(25)27)16-14-19-31(30)34-24-32(33)35-28(17-8-5-2)18-9-6-3/h14,16,19,25,27-29H,4-13,15,17-18,20-24H2,1-3H3/t25?,27-,29-/m1/s1. The maximum Gasteiger partial charge on any atom is 0.344 e. The number of carbonyl (C=O) groups is 1. The van der Waals surface area contributed by atoms with Crippen LogP contribution in [0.4, 0.5) is 0 Å². The lowest BCUT2D eigenvalue weighted by Gasteiger charge is -2.32. The van der Waals surface area contributed by atoms with Gasteiger partial charge < -0.3 is 9.47 Å². The van der Waals surface area contributed by atoms with Gasteiger partial charge in [0.2, 0.25) is 0 Å². The van der Waals surface area contributed by atoms with Crippen LogP contribution in [0.3, 0.4) is 0 Å². The molecule has 3 nitrogen and oxygen atoms in total. The summed E-state index contributed by atoms with van der Waals surface area (Å²) in [7, 11) is 0. The summed E-state index contributed by atoms with van der Waals surface area (Å²) >= 11 is 0. The first-order valence-corrected chi connectivity index (χ1v) is 15.1. The van der Waals surface area contributed by atoms with E-state index in [1.165, 1.54) is 75.3 Å². The van der Waals surface area contributed by atoms with E-state index in [1.54, 1.807) is 0 Å². The van der Waals surface area contributed by atoms with Crippen molar-refractivity contribution >= 4 is 5.97 Å². The molecule has 0 aromatic heterocycles. The van der Waals surface area contributed by atoms with E-state index in [1.807, 2.05) is 0 Å². The summed E-state index contributed by atoms with van der Waals surface area (Å²) in [6.45, 7) is 6.69. The lowest BCUT2D eigenvalue weighted by atomic mass is 9.73. The van der Waals surface area contributed by atoms with Crippen LogP contribution in [0.2, 0.25) is 0 Å². The van der Waals surface area contributed by atoms with Gasteiger partial charge in [-0.05, 0) is 73.5 Å². The number of hydrogen-bond donors (Lipinski definition) is 0. The number of hydrogen-bond acceptors (Lipinski definition) is 3. The van der Waals surface area contributed by atoms with Crippen LogP contribution in [0.5, 0.6) is 5.75 Å². The van der Waals surface area contributed by atoms with Crippen molar-refractivity contribution in [2.45, 2.75) is 136 Å². The van der Waals surface area contributed by atoms with Gasteiger partial charge in [0.1, 0.15) is 11.9 Å². The fourth-order valence-electron chi connectivity index (χ4n) is 6.54. The van der Waals surface area contributed by atoms with Crippen molar-refractivity contribution in [3.8, 4) is 5.75 Å². The number of benzene rings is 1. The summed E-state index contributed by atoms with van der Waals surface area (Å²) in [5.74, 6) is 3.24. The van der Waals surface area contributed by atoms with Crippen LogP contribution in [-0.2, 0) is 22.4 Å². The molecule has 0 radical (unpaired) electrons. The van der Waals surface area contributed by atoms with Crippen LogP contribution < -0.4 is 4.74 Å². The molecule has 3 rings (SSSR count). The number of fused-ring (bicyclic) bond motifs is 2. The van der Waals surface area contributed by atoms with Gasteiger partial charge in [0.15, 0.2) is 6.61 Å². The Labute approximate surface area is 215 Å². The van der Waals surface area contributed by atoms with E-state index in [0.717, 1.165) is 68.4 Å². The van der Waals surface area contributed by atoms with Crippen LogP contribution in [0.1, 0.15) is 128 Å². The Hall–Kier alpha value is -1.51. The number of unbranched alkanes of at least 4 members (excludes halogenated alkanes) is 7. The highest BCUT2D eigenvalue weighted by Crippen LogP contribution is 2.48. The van der Waals surface area contributed by atoms with Gasteiger partial charge in [0.25, 0.3) is 0 Å². The largest absolute Gasteiger partial charge is 0.482 e. The van der Waals surface area contributed by atoms with Crippen LogP contribution in [0.25, 0.3) is 0 Å². The van der Waals surface area contributed by atoms with E-state index in [2.05, 4.69) is 39.0 Å².